The molecular formula is C24H22Cl2N4O5. The summed E-state index contributed by atoms with van der Waals surface area (Å²) in [4.78, 5) is 35.5. The number of halogens is 2. The molecule has 0 saturated carbocycles. The van der Waals surface area contributed by atoms with Gasteiger partial charge in [-0.05, 0) is 43.2 Å². The van der Waals surface area contributed by atoms with Crippen LogP contribution in [0.2, 0.25) is 10.0 Å². The minimum atomic E-state index is -0.811. The second kappa shape index (κ2) is 11.2. The lowest BCUT2D eigenvalue weighted by atomic mass is 10.0. The van der Waals surface area contributed by atoms with Crippen LogP contribution in [0.25, 0.3) is 11.3 Å². The second-order valence-corrected chi connectivity index (χ2v) is 8.85. The zero-order chi connectivity index (χ0) is 25.7. The SMILES string of the molecule is Cc1ccc(C(=O)NC(C(=O)N/N=C\c2ccc(-c3cc(Cl)c([N+](=O)[O-])cc3Cl)o2)C(C)C)cc1. The highest BCUT2D eigenvalue weighted by molar-refractivity contribution is 6.36. The maximum atomic E-state index is 12.6. The maximum Gasteiger partial charge on any atom is 0.289 e. The van der Waals surface area contributed by atoms with E-state index in [1.165, 1.54) is 12.3 Å². The van der Waals surface area contributed by atoms with E-state index in [0.29, 0.717) is 16.9 Å². The predicted molar refractivity (Wildman–Crippen MR) is 134 cm³/mol. The van der Waals surface area contributed by atoms with Gasteiger partial charge in [0, 0.05) is 17.2 Å². The third-order valence-electron chi connectivity index (χ3n) is 5.04. The molecule has 1 unspecified atom stereocenters. The van der Waals surface area contributed by atoms with E-state index in [-0.39, 0.29) is 33.3 Å². The average molecular weight is 517 g/mol. The van der Waals surface area contributed by atoms with Crippen molar-refractivity contribution >= 4 is 46.9 Å². The summed E-state index contributed by atoms with van der Waals surface area (Å²) in [6.45, 7) is 5.53. The van der Waals surface area contributed by atoms with E-state index in [1.807, 2.05) is 19.1 Å². The van der Waals surface area contributed by atoms with Crippen molar-refractivity contribution in [3.8, 4) is 11.3 Å². The Kier molecular flexibility index (Phi) is 8.26. The molecule has 1 heterocycles. The second-order valence-electron chi connectivity index (χ2n) is 8.04. The Morgan fingerprint density at radius 2 is 1.77 bits per heavy atom. The lowest BCUT2D eigenvalue weighted by Crippen LogP contribution is -2.48. The molecule has 0 saturated heterocycles. The van der Waals surface area contributed by atoms with Crippen molar-refractivity contribution < 1.29 is 18.9 Å². The van der Waals surface area contributed by atoms with Crippen LogP contribution < -0.4 is 10.7 Å². The van der Waals surface area contributed by atoms with Gasteiger partial charge in [0.1, 0.15) is 22.6 Å². The van der Waals surface area contributed by atoms with Gasteiger partial charge in [0.15, 0.2) is 0 Å². The molecule has 35 heavy (non-hydrogen) atoms. The number of furan rings is 1. The Morgan fingerprint density at radius 3 is 2.40 bits per heavy atom. The van der Waals surface area contributed by atoms with Crippen molar-refractivity contribution in [1.82, 2.24) is 10.7 Å². The summed E-state index contributed by atoms with van der Waals surface area (Å²) in [5.41, 5.74) is 3.92. The Morgan fingerprint density at radius 1 is 1.09 bits per heavy atom. The molecule has 0 radical (unpaired) electrons. The van der Waals surface area contributed by atoms with Gasteiger partial charge in [-0.1, -0.05) is 54.7 Å². The van der Waals surface area contributed by atoms with Crippen LogP contribution in [0.3, 0.4) is 0 Å². The normalized spacial score (nSPS) is 12.1. The minimum Gasteiger partial charge on any atom is -0.455 e. The number of carbonyl (C=O) groups is 2. The van der Waals surface area contributed by atoms with Crippen LogP contribution in [0, 0.1) is 23.0 Å². The number of amides is 2. The number of nitrogens with zero attached hydrogens (tertiary/aromatic N) is 2. The minimum absolute atomic E-state index is 0.0827. The molecule has 2 N–H and O–H groups in total. The van der Waals surface area contributed by atoms with Gasteiger partial charge in [0.05, 0.1) is 16.2 Å². The Balaban J connectivity index is 1.67. The first-order valence-electron chi connectivity index (χ1n) is 10.5. The molecule has 1 atom stereocenters. The predicted octanol–water partition coefficient (Wildman–Crippen LogP) is 5.37. The molecule has 182 valence electrons. The lowest BCUT2D eigenvalue weighted by Gasteiger charge is -2.20. The number of nitro benzene ring substituents is 1. The molecule has 3 aromatic rings. The van der Waals surface area contributed by atoms with Crippen LogP contribution in [-0.2, 0) is 4.79 Å². The van der Waals surface area contributed by atoms with Gasteiger partial charge in [-0.15, -0.1) is 0 Å². The number of carbonyl (C=O) groups excluding carboxylic acids is 2. The molecule has 3 rings (SSSR count). The lowest BCUT2D eigenvalue weighted by molar-refractivity contribution is -0.384. The topological polar surface area (TPSA) is 127 Å². The van der Waals surface area contributed by atoms with Gasteiger partial charge in [-0.2, -0.15) is 5.10 Å². The molecule has 2 aromatic carbocycles. The average Bonchev–Trinajstić information content (AvgIpc) is 3.27. The van der Waals surface area contributed by atoms with Crippen molar-refractivity contribution in [2.45, 2.75) is 26.8 Å². The van der Waals surface area contributed by atoms with Gasteiger partial charge in [-0.25, -0.2) is 5.43 Å². The zero-order valence-corrected chi connectivity index (χ0v) is 20.6. The Labute approximate surface area is 211 Å². The smallest absolute Gasteiger partial charge is 0.289 e. The molecule has 0 aliphatic carbocycles. The highest BCUT2D eigenvalue weighted by Crippen LogP contribution is 2.37. The molecule has 11 heteroatoms. The molecule has 0 fully saturated rings. The van der Waals surface area contributed by atoms with Crippen molar-refractivity contribution in [2.24, 2.45) is 11.0 Å². The number of benzene rings is 2. The van der Waals surface area contributed by atoms with Crippen molar-refractivity contribution in [2.75, 3.05) is 0 Å². The first kappa shape index (κ1) is 25.9. The van der Waals surface area contributed by atoms with Gasteiger partial charge in [-0.3, -0.25) is 19.7 Å². The van der Waals surface area contributed by atoms with E-state index in [2.05, 4.69) is 15.8 Å². The number of rotatable bonds is 8. The first-order valence-corrected chi connectivity index (χ1v) is 11.3. The Hall–Kier alpha value is -3.69. The van der Waals surface area contributed by atoms with Crippen LogP contribution >= 0.6 is 23.2 Å². The first-order chi connectivity index (χ1) is 16.6. The third kappa shape index (κ3) is 6.46. The standard InChI is InChI=1S/C24H22Cl2N4O5/c1-13(2)22(28-23(31)15-6-4-14(3)5-7-15)24(32)29-27-12-16-8-9-21(35-16)17-10-19(26)20(30(33)34)11-18(17)25/h4-13,22H,1-3H3,(H,28,31)(H,29,32)/b27-12-. The number of aryl methyl sites for hydroxylation is 1. The maximum absolute atomic E-state index is 12.6. The van der Waals surface area contributed by atoms with Crippen molar-refractivity contribution in [1.29, 1.82) is 0 Å². The van der Waals surface area contributed by atoms with E-state index in [4.69, 9.17) is 27.6 Å². The van der Waals surface area contributed by atoms with Crippen LogP contribution in [0.4, 0.5) is 5.69 Å². The molecule has 0 aliphatic rings. The van der Waals surface area contributed by atoms with E-state index >= 15 is 0 Å². The fourth-order valence-corrected chi connectivity index (χ4v) is 3.61. The molecular weight excluding hydrogens is 495 g/mol. The van der Waals surface area contributed by atoms with E-state index < -0.39 is 16.9 Å². The number of hydrazone groups is 1. The number of hydrogen-bond donors (Lipinski definition) is 2. The van der Waals surface area contributed by atoms with Gasteiger partial charge in [0.25, 0.3) is 17.5 Å². The fraction of sp³-hybridized carbons (Fsp3) is 0.208. The van der Waals surface area contributed by atoms with Gasteiger partial charge >= 0.3 is 0 Å². The zero-order valence-electron chi connectivity index (χ0n) is 19.0. The van der Waals surface area contributed by atoms with Crippen LogP contribution in [-0.4, -0.2) is 29.0 Å². The molecule has 0 aliphatic heterocycles. The van der Waals surface area contributed by atoms with E-state index in [0.717, 1.165) is 11.6 Å². The number of nitro groups is 1. The summed E-state index contributed by atoms with van der Waals surface area (Å²) in [6.07, 6.45) is 1.28. The molecule has 0 bridgehead atoms. The third-order valence-corrected chi connectivity index (χ3v) is 5.66. The summed E-state index contributed by atoms with van der Waals surface area (Å²) in [7, 11) is 0. The summed E-state index contributed by atoms with van der Waals surface area (Å²) in [5, 5.41) is 17.6. The number of hydrogen-bond acceptors (Lipinski definition) is 6. The van der Waals surface area contributed by atoms with Crippen LogP contribution in [0.5, 0.6) is 0 Å². The van der Waals surface area contributed by atoms with Crippen LogP contribution in [0.1, 0.15) is 35.5 Å². The Bertz CT molecular complexity index is 1290. The van der Waals surface area contributed by atoms with E-state index in [9.17, 15) is 19.7 Å². The monoisotopic (exact) mass is 516 g/mol. The molecule has 2 amide bonds. The summed E-state index contributed by atoms with van der Waals surface area (Å²) in [6, 6.07) is 11.9. The van der Waals surface area contributed by atoms with Gasteiger partial charge < -0.3 is 9.73 Å². The molecule has 0 spiro atoms. The summed E-state index contributed by atoms with van der Waals surface area (Å²) in [5.74, 6) is -0.449. The highest BCUT2D eigenvalue weighted by atomic mass is 35.5. The number of nitrogens with one attached hydrogen (secondary N) is 2. The molecule has 9 nitrogen and oxygen atoms in total. The fourth-order valence-electron chi connectivity index (χ4n) is 3.13. The highest BCUT2D eigenvalue weighted by Gasteiger charge is 2.24. The van der Waals surface area contributed by atoms with Crippen molar-refractivity contribution in [3.05, 3.63) is 85.6 Å². The quantitative estimate of drug-likeness (QED) is 0.236. The molecule has 1 aromatic heterocycles. The van der Waals surface area contributed by atoms with Gasteiger partial charge in [0.2, 0.25) is 0 Å². The van der Waals surface area contributed by atoms with Crippen LogP contribution in [0.15, 0.2) is 58.0 Å². The van der Waals surface area contributed by atoms with E-state index in [1.54, 1.807) is 38.1 Å². The summed E-state index contributed by atoms with van der Waals surface area (Å²) < 4.78 is 5.64. The summed E-state index contributed by atoms with van der Waals surface area (Å²) >= 11 is 12.1. The largest absolute Gasteiger partial charge is 0.455 e. The van der Waals surface area contributed by atoms with Crippen molar-refractivity contribution in [3.63, 3.8) is 0 Å².